The molecule has 6 rings (SSSR count). The second-order valence-electron chi connectivity index (χ2n) is 12.6. The molecule has 0 radical (unpaired) electrons. The number of fused-ring (bicyclic) bond motifs is 5. The highest BCUT2D eigenvalue weighted by molar-refractivity contribution is 6.01. The lowest BCUT2D eigenvalue weighted by Crippen LogP contribution is -2.58. The highest BCUT2D eigenvalue weighted by Crippen LogP contribution is 2.47. The molecular formula is C31H41N5O5. The Kier molecular flexibility index (Phi) is 8.10. The first-order valence-corrected chi connectivity index (χ1v) is 15.4. The topological polar surface area (TPSA) is 140 Å². The second-order valence-corrected chi connectivity index (χ2v) is 12.6. The Labute approximate surface area is 239 Å². The van der Waals surface area contributed by atoms with E-state index in [4.69, 9.17) is 15.7 Å². The van der Waals surface area contributed by atoms with Gasteiger partial charge >= 0.3 is 5.97 Å². The molecule has 220 valence electrons. The number of carboxylic acids is 1. The third kappa shape index (κ3) is 5.89. The standard InChI is InChI=1S/C31H41N5O5/c32-28(37)12-11-26(34-41-18-29(38)39)30-31(40)36(27-10-2-1-9-25(27)33-30)24-16-21-7-4-8-22(17-24)35(21)23-14-19-5-3-6-20(13-19)15-23/h1-2,9-10,19-24H,3-8,11-18H2,(H2,32,37)(H,38,39)/t19?,20?,21-,22+,23?,24?. The van der Waals surface area contributed by atoms with Gasteiger partial charge in [0.2, 0.25) is 12.5 Å². The normalized spacial score (nSPS) is 30.2. The monoisotopic (exact) mass is 563 g/mol. The number of carbonyl (C=O) groups excluding carboxylic acids is 1. The zero-order valence-electron chi connectivity index (χ0n) is 23.6. The van der Waals surface area contributed by atoms with Crippen molar-refractivity contribution in [2.45, 2.75) is 108 Å². The van der Waals surface area contributed by atoms with Gasteiger partial charge in [-0.1, -0.05) is 43.0 Å². The maximum atomic E-state index is 14.2. The SMILES string of the molecule is NC(=O)CCC(=NOCC(=O)O)c1nc2ccccc2n(C2C[C@H]3CCC[C@@H](C2)N3C2CC3CCCC(C3)C2)c1=O. The number of primary amides is 1. The van der Waals surface area contributed by atoms with Crippen LogP contribution in [0.15, 0.2) is 34.2 Å². The number of benzene rings is 1. The number of oxime groups is 1. The third-order valence-corrected chi connectivity index (χ3v) is 9.93. The maximum Gasteiger partial charge on any atom is 0.344 e. The zero-order valence-corrected chi connectivity index (χ0v) is 23.6. The first-order chi connectivity index (χ1) is 19.9. The minimum absolute atomic E-state index is 0.0149. The number of hydrogen-bond donors (Lipinski definition) is 2. The molecule has 4 aliphatic rings. The van der Waals surface area contributed by atoms with Crippen LogP contribution in [0, 0.1) is 11.8 Å². The summed E-state index contributed by atoms with van der Waals surface area (Å²) in [4.78, 5) is 49.4. The predicted molar refractivity (Wildman–Crippen MR) is 155 cm³/mol. The van der Waals surface area contributed by atoms with E-state index in [1.807, 2.05) is 28.8 Å². The lowest BCUT2D eigenvalue weighted by molar-refractivity contribution is -0.142. The zero-order chi connectivity index (χ0) is 28.5. The van der Waals surface area contributed by atoms with Gasteiger partial charge in [-0.2, -0.15) is 0 Å². The third-order valence-electron chi connectivity index (χ3n) is 9.93. The van der Waals surface area contributed by atoms with Gasteiger partial charge in [-0.3, -0.25) is 14.5 Å². The first kappa shape index (κ1) is 27.9. The fraction of sp³-hybridized carbons (Fsp3) is 0.645. The van der Waals surface area contributed by atoms with Gasteiger partial charge in [0, 0.05) is 37.0 Å². The van der Waals surface area contributed by atoms with E-state index < -0.39 is 18.5 Å². The van der Waals surface area contributed by atoms with Crippen LogP contribution < -0.4 is 11.3 Å². The van der Waals surface area contributed by atoms with Crippen LogP contribution in [0.25, 0.3) is 11.0 Å². The first-order valence-electron chi connectivity index (χ1n) is 15.4. The van der Waals surface area contributed by atoms with Crippen molar-refractivity contribution in [3.05, 3.63) is 40.3 Å². The van der Waals surface area contributed by atoms with E-state index in [9.17, 15) is 14.4 Å². The molecule has 5 atom stereocenters. The van der Waals surface area contributed by atoms with Crippen molar-refractivity contribution >= 4 is 28.6 Å². The molecule has 0 spiro atoms. The summed E-state index contributed by atoms with van der Waals surface area (Å²) < 4.78 is 1.90. The Morgan fingerprint density at radius 2 is 1.61 bits per heavy atom. The molecule has 3 heterocycles. The number of para-hydroxylation sites is 2. The molecule has 10 nitrogen and oxygen atoms in total. The summed E-state index contributed by atoms with van der Waals surface area (Å²) in [5.74, 6) is 0.0133. The fourth-order valence-corrected chi connectivity index (χ4v) is 8.45. The number of hydrogen-bond acceptors (Lipinski definition) is 7. The number of nitrogens with zero attached hydrogens (tertiary/aromatic N) is 4. The van der Waals surface area contributed by atoms with Crippen molar-refractivity contribution in [1.29, 1.82) is 0 Å². The van der Waals surface area contributed by atoms with Gasteiger partial charge in [0.1, 0.15) is 5.71 Å². The summed E-state index contributed by atoms with van der Waals surface area (Å²) in [6, 6.07) is 9.22. The Morgan fingerprint density at radius 3 is 2.29 bits per heavy atom. The van der Waals surface area contributed by atoms with Crippen LogP contribution in [-0.4, -0.2) is 61.9 Å². The van der Waals surface area contributed by atoms with Crippen molar-refractivity contribution in [2.75, 3.05) is 6.61 Å². The van der Waals surface area contributed by atoms with Gasteiger partial charge in [0.25, 0.3) is 5.56 Å². The lowest BCUT2D eigenvalue weighted by Gasteiger charge is -2.55. The van der Waals surface area contributed by atoms with Crippen LogP contribution in [0.1, 0.15) is 95.2 Å². The molecule has 2 aromatic rings. The number of carboxylic acid groups (broad SMARTS) is 1. The molecule has 1 amide bonds. The average molecular weight is 564 g/mol. The van der Waals surface area contributed by atoms with Crippen LogP contribution in [0.4, 0.5) is 0 Å². The average Bonchev–Trinajstić information content (AvgIpc) is 2.93. The van der Waals surface area contributed by atoms with E-state index in [1.165, 1.54) is 44.9 Å². The number of amides is 1. The van der Waals surface area contributed by atoms with Gasteiger partial charge in [0.15, 0.2) is 5.69 Å². The van der Waals surface area contributed by atoms with Gasteiger partial charge < -0.3 is 20.2 Å². The summed E-state index contributed by atoms with van der Waals surface area (Å²) in [6.07, 6.45) is 13.6. The molecule has 4 fully saturated rings. The van der Waals surface area contributed by atoms with Crippen LogP contribution in [0.2, 0.25) is 0 Å². The Balaban J connectivity index is 1.34. The second kappa shape index (κ2) is 11.9. The van der Waals surface area contributed by atoms with Crippen molar-refractivity contribution in [2.24, 2.45) is 22.7 Å². The van der Waals surface area contributed by atoms with Crippen LogP contribution in [-0.2, 0) is 14.4 Å². The summed E-state index contributed by atoms with van der Waals surface area (Å²) in [5, 5.41) is 13.0. The maximum absolute atomic E-state index is 14.2. The number of nitrogens with two attached hydrogens (primary N) is 1. The summed E-state index contributed by atoms with van der Waals surface area (Å²) >= 11 is 0. The van der Waals surface area contributed by atoms with Gasteiger partial charge in [-0.25, -0.2) is 9.78 Å². The molecule has 2 saturated carbocycles. The van der Waals surface area contributed by atoms with Crippen LogP contribution in [0.3, 0.4) is 0 Å². The van der Waals surface area contributed by atoms with Crippen molar-refractivity contribution < 1.29 is 19.5 Å². The van der Waals surface area contributed by atoms with E-state index in [-0.39, 0.29) is 35.8 Å². The van der Waals surface area contributed by atoms with Gasteiger partial charge in [-0.15, -0.1) is 0 Å². The smallest absolute Gasteiger partial charge is 0.344 e. The molecule has 3 N–H and O–H groups in total. The van der Waals surface area contributed by atoms with Gasteiger partial charge in [-0.05, 0) is 68.9 Å². The molecule has 3 unspecified atom stereocenters. The lowest BCUT2D eigenvalue weighted by atomic mass is 9.68. The Morgan fingerprint density at radius 1 is 0.927 bits per heavy atom. The molecule has 1 aromatic heterocycles. The van der Waals surface area contributed by atoms with Crippen molar-refractivity contribution in [3.8, 4) is 0 Å². The van der Waals surface area contributed by atoms with E-state index in [0.29, 0.717) is 23.6 Å². The molecular weight excluding hydrogens is 522 g/mol. The number of aromatic nitrogens is 2. The molecule has 1 aromatic carbocycles. The summed E-state index contributed by atoms with van der Waals surface area (Å²) in [5.41, 5.74) is 6.77. The summed E-state index contributed by atoms with van der Waals surface area (Å²) in [7, 11) is 0. The van der Waals surface area contributed by atoms with E-state index >= 15 is 0 Å². The molecule has 2 aliphatic carbocycles. The Bertz CT molecular complexity index is 1360. The highest BCUT2D eigenvalue weighted by atomic mass is 16.6. The predicted octanol–water partition coefficient (Wildman–Crippen LogP) is 3.99. The van der Waals surface area contributed by atoms with E-state index in [2.05, 4.69) is 15.0 Å². The quantitative estimate of drug-likeness (QED) is 0.347. The minimum atomic E-state index is -1.19. The number of rotatable bonds is 9. The molecule has 2 saturated heterocycles. The van der Waals surface area contributed by atoms with Crippen LogP contribution >= 0.6 is 0 Å². The Hall–Kier alpha value is -3.27. The van der Waals surface area contributed by atoms with Crippen LogP contribution in [0.5, 0.6) is 0 Å². The highest BCUT2D eigenvalue weighted by Gasteiger charge is 2.45. The number of piperidine rings is 2. The summed E-state index contributed by atoms with van der Waals surface area (Å²) in [6.45, 7) is -0.660. The van der Waals surface area contributed by atoms with Crippen molar-refractivity contribution in [1.82, 2.24) is 14.5 Å². The number of carbonyl (C=O) groups is 2. The van der Waals surface area contributed by atoms with E-state index in [1.54, 1.807) is 0 Å². The molecule has 10 heteroatoms. The molecule has 4 bridgehead atoms. The van der Waals surface area contributed by atoms with E-state index in [0.717, 1.165) is 43.0 Å². The van der Waals surface area contributed by atoms with Gasteiger partial charge in [0.05, 0.1) is 11.0 Å². The largest absolute Gasteiger partial charge is 0.479 e. The minimum Gasteiger partial charge on any atom is -0.479 e. The molecule has 41 heavy (non-hydrogen) atoms. The van der Waals surface area contributed by atoms with Crippen molar-refractivity contribution in [3.63, 3.8) is 0 Å². The fourth-order valence-electron chi connectivity index (χ4n) is 8.45. The number of aliphatic carboxylic acids is 1. The molecule has 2 aliphatic heterocycles.